The van der Waals surface area contributed by atoms with Crippen LogP contribution in [0.2, 0.25) is 0 Å². The highest BCUT2D eigenvalue weighted by molar-refractivity contribution is 14.1. The molecular formula is C26H22BIO2S2. The maximum Gasteiger partial charge on any atom is 0.499 e. The first-order valence-corrected chi connectivity index (χ1v) is 13.1. The molecule has 0 unspecified atom stereocenters. The van der Waals surface area contributed by atoms with Gasteiger partial charge in [-0.15, -0.1) is 11.3 Å². The molecule has 2 nitrogen and oxygen atoms in total. The molecule has 2 aliphatic rings. The Morgan fingerprint density at radius 3 is 1.97 bits per heavy atom. The van der Waals surface area contributed by atoms with Crippen LogP contribution in [0.5, 0.6) is 0 Å². The Morgan fingerprint density at radius 1 is 0.719 bits per heavy atom. The van der Waals surface area contributed by atoms with E-state index in [1.54, 1.807) is 17.5 Å². The number of fused-ring (bicyclic) bond motifs is 2. The molecule has 6 rings (SSSR count). The molecule has 32 heavy (non-hydrogen) atoms. The molecule has 2 aliphatic carbocycles. The summed E-state index contributed by atoms with van der Waals surface area (Å²) >= 11 is 5.53. The standard InChI is InChI=1S/C13H10S.C9H7I.C4H5BO2S/c1-4-10-5-2-7-12(11(10)6-1)13-8-3-9-14-13;10-9-6-2-4-7-3-1-5-8(7)9;6-5(7)4-2-1-3-8-4/h1-5,7-9H,6H2;1-4,6H,5H2;1-3,6-7H. The fourth-order valence-electron chi connectivity index (χ4n) is 3.64. The summed E-state index contributed by atoms with van der Waals surface area (Å²) in [6, 6.07) is 20.7. The number of allylic oxidation sites excluding steroid dienone is 2. The van der Waals surface area contributed by atoms with Crippen molar-refractivity contribution >= 4 is 69.3 Å². The molecule has 0 fully saturated rings. The van der Waals surface area contributed by atoms with Gasteiger partial charge in [0.15, 0.2) is 0 Å². The summed E-state index contributed by atoms with van der Waals surface area (Å²) in [4.78, 5) is 1.38. The van der Waals surface area contributed by atoms with Gasteiger partial charge in [-0.05, 0) is 86.1 Å². The SMILES string of the molecule is C1=Cc2cccc(-c3cccs3)c2C1.Ic1cccc2c1CC=C2.OB(O)c1cccs1. The van der Waals surface area contributed by atoms with Crippen molar-refractivity contribution < 1.29 is 10.0 Å². The molecule has 0 aliphatic heterocycles. The first-order valence-electron chi connectivity index (χ1n) is 10.3. The monoisotopic (exact) mass is 568 g/mol. The smallest absolute Gasteiger partial charge is 0.423 e. The van der Waals surface area contributed by atoms with Gasteiger partial charge in [0.2, 0.25) is 0 Å². The summed E-state index contributed by atoms with van der Waals surface area (Å²) in [5.74, 6) is 0. The normalized spacial score (nSPS) is 12.3. The third-order valence-corrected chi connectivity index (χ3v) is 8.02. The lowest BCUT2D eigenvalue weighted by Crippen LogP contribution is -2.26. The van der Waals surface area contributed by atoms with Crippen molar-refractivity contribution in [2.75, 3.05) is 0 Å². The zero-order valence-electron chi connectivity index (χ0n) is 17.3. The topological polar surface area (TPSA) is 40.5 Å². The minimum absolute atomic E-state index is 0.588. The maximum absolute atomic E-state index is 8.48. The lowest BCUT2D eigenvalue weighted by Gasteiger charge is -2.05. The van der Waals surface area contributed by atoms with Gasteiger partial charge in [0.1, 0.15) is 0 Å². The highest BCUT2D eigenvalue weighted by Gasteiger charge is 2.11. The van der Waals surface area contributed by atoms with Gasteiger partial charge in [0.25, 0.3) is 0 Å². The van der Waals surface area contributed by atoms with Gasteiger partial charge in [0, 0.05) is 13.2 Å². The summed E-state index contributed by atoms with van der Waals surface area (Å²) in [5.41, 5.74) is 7.16. The van der Waals surface area contributed by atoms with Gasteiger partial charge in [-0.1, -0.05) is 72.8 Å². The van der Waals surface area contributed by atoms with Crippen LogP contribution in [-0.4, -0.2) is 17.2 Å². The van der Waals surface area contributed by atoms with Gasteiger partial charge in [-0.3, -0.25) is 0 Å². The molecular weight excluding hydrogens is 546 g/mol. The molecule has 0 saturated heterocycles. The summed E-state index contributed by atoms with van der Waals surface area (Å²) in [6.45, 7) is 0. The zero-order chi connectivity index (χ0) is 22.3. The van der Waals surface area contributed by atoms with Crippen LogP contribution < -0.4 is 4.78 Å². The Bertz CT molecular complexity index is 1210. The Labute approximate surface area is 210 Å². The summed E-state index contributed by atoms with van der Waals surface area (Å²) in [5, 5.41) is 20.9. The first kappa shape index (κ1) is 23.2. The van der Waals surface area contributed by atoms with Crippen molar-refractivity contribution in [3.8, 4) is 10.4 Å². The molecule has 4 aromatic rings. The molecule has 0 radical (unpaired) electrons. The molecule has 0 spiro atoms. The van der Waals surface area contributed by atoms with E-state index < -0.39 is 7.12 Å². The molecule has 2 heterocycles. The van der Waals surface area contributed by atoms with Crippen LogP contribution in [0.15, 0.2) is 83.6 Å². The molecule has 0 saturated carbocycles. The Morgan fingerprint density at radius 2 is 1.38 bits per heavy atom. The van der Waals surface area contributed by atoms with E-state index in [1.807, 2.05) is 11.3 Å². The predicted octanol–water partition coefficient (Wildman–Crippen LogP) is 6.27. The van der Waals surface area contributed by atoms with Crippen molar-refractivity contribution in [3.05, 3.63) is 109 Å². The lowest BCUT2D eigenvalue weighted by atomic mass is 9.90. The van der Waals surface area contributed by atoms with Crippen LogP contribution in [0.25, 0.3) is 22.6 Å². The highest BCUT2D eigenvalue weighted by atomic mass is 127. The van der Waals surface area contributed by atoms with E-state index >= 15 is 0 Å². The molecule has 160 valence electrons. The average molecular weight is 568 g/mol. The molecule has 0 amide bonds. The van der Waals surface area contributed by atoms with E-state index in [9.17, 15) is 0 Å². The summed E-state index contributed by atoms with van der Waals surface area (Å²) in [6.07, 6.45) is 11.1. The Balaban J connectivity index is 0.000000121. The lowest BCUT2D eigenvalue weighted by molar-refractivity contribution is 0.427. The van der Waals surface area contributed by atoms with E-state index in [2.05, 4.69) is 101 Å². The van der Waals surface area contributed by atoms with E-state index in [0.717, 1.165) is 12.8 Å². The fraction of sp³-hybridized carbons (Fsp3) is 0.0769. The quantitative estimate of drug-likeness (QED) is 0.221. The van der Waals surface area contributed by atoms with Crippen molar-refractivity contribution in [2.45, 2.75) is 12.8 Å². The highest BCUT2D eigenvalue weighted by Crippen LogP contribution is 2.33. The number of hydrogen-bond acceptors (Lipinski definition) is 4. The van der Waals surface area contributed by atoms with E-state index in [-0.39, 0.29) is 0 Å². The van der Waals surface area contributed by atoms with Crippen molar-refractivity contribution in [1.29, 1.82) is 0 Å². The minimum Gasteiger partial charge on any atom is -0.423 e. The van der Waals surface area contributed by atoms with Crippen molar-refractivity contribution in [3.63, 3.8) is 0 Å². The van der Waals surface area contributed by atoms with Crippen LogP contribution in [0.4, 0.5) is 0 Å². The number of halogens is 1. The van der Waals surface area contributed by atoms with E-state index in [4.69, 9.17) is 10.0 Å². The number of rotatable bonds is 2. The third-order valence-electron chi connectivity index (χ3n) is 5.19. The van der Waals surface area contributed by atoms with Crippen LogP contribution in [-0.2, 0) is 12.8 Å². The van der Waals surface area contributed by atoms with Gasteiger partial charge < -0.3 is 10.0 Å². The zero-order valence-corrected chi connectivity index (χ0v) is 21.1. The van der Waals surface area contributed by atoms with E-state index in [0.29, 0.717) is 4.78 Å². The second-order valence-electron chi connectivity index (χ2n) is 7.26. The molecule has 2 N–H and O–H groups in total. The molecule has 6 heteroatoms. The van der Waals surface area contributed by atoms with Gasteiger partial charge >= 0.3 is 7.12 Å². The van der Waals surface area contributed by atoms with Crippen molar-refractivity contribution in [2.24, 2.45) is 0 Å². The largest absolute Gasteiger partial charge is 0.499 e. The number of thiophene rings is 2. The van der Waals surface area contributed by atoms with Crippen LogP contribution in [0.3, 0.4) is 0 Å². The van der Waals surface area contributed by atoms with Crippen molar-refractivity contribution in [1.82, 2.24) is 0 Å². The van der Waals surface area contributed by atoms with Gasteiger partial charge in [-0.25, -0.2) is 0 Å². The Kier molecular flexibility index (Phi) is 8.16. The van der Waals surface area contributed by atoms with Crippen LogP contribution >= 0.6 is 45.3 Å². The molecule has 2 aromatic carbocycles. The van der Waals surface area contributed by atoms with Crippen LogP contribution in [0.1, 0.15) is 22.3 Å². The predicted molar refractivity (Wildman–Crippen MR) is 149 cm³/mol. The first-order chi connectivity index (χ1) is 15.6. The second kappa shape index (κ2) is 11.3. The van der Waals surface area contributed by atoms with E-state index in [1.165, 1.54) is 47.6 Å². The molecule has 0 atom stereocenters. The minimum atomic E-state index is -1.30. The fourth-order valence-corrected chi connectivity index (χ4v) is 5.76. The number of hydrogen-bond donors (Lipinski definition) is 2. The summed E-state index contributed by atoms with van der Waals surface area (Å²) < 4.78 is 1.98. The Hall–Kier alpha value is -1.97. The molecule has 0 bridgehead atoms. The molecule has 2 aromatic heterocycles. The van der Waals surface area contributed by atoms with Gasteiger partial charge in [-0.2, -0.15) is 11.3 Å². The van der Waals surface area contributed by atoms with Gasteiger partial charge in [0.05, 0.1) is 0 Å². The third kappa shape index (κ3) is 5.69. The maximum atomic E-state index is 8.48. The average Bonchev–Trinajstić information content (AvgIpc) is 3.61. The second-order valence-corrected chi connectivity index (χ2v) is 10.3. The van der Waals surface area contributed by atoms with Crippen LogP contribution in [0, 0.1) is 3.57 Å². The number of benzene rings is 2. The summed E-state index contributed by atoms with van der Waals surface area (Å²) in [7, 11) is -1.30.